The fourth-order valence-electron chi connectivity index (χ4n) is 3.03. The van der Waals surface area contributed by atoms with Gasteiger partial charge in [-0.15, -0.1) is 4.40 Å². The first kappa shape index (κ1) is 19.6. The van der Waals surface area contributed by atoms with Crippen molar-refractivity contribution < 1.29 is 13.2 Å². The van der Waals surface area contributed by atoms with Gasteiger partial charge >= 0.3 is 0 Å². The van der Waals surface area contributed by atoms with Crippen LogP contribution in [-0.4, -0.2) is 38.3 Å². The summed E-state index contributed by atoms with van der Waals surface area (Å²) in [7, 11) is -3.40. The number of rotatable bonds is 4. The molecule has 0 unspecified atom stereocenters. The molecule has 0 atom stereocenters. The predicted molar refractivity (Wildman–Crippen MR) is 113 cm³/mol. The minimum Gasteiger partial charge on any atom is -0.352 e. The molecule has 0 fully saturated rings. The van der Waals surface area contributed by atoms with Crippen LogP contribution in [0.25, 0.3) is 0 Å². The number of benzene rings is 2. The van der Waals surface area contributed by atoms with Crippen molar-refractivity contribution in [3.8, 4) is 0 Å². The molecule has 0 saturated heterocycles. The molecule has 2 aliphatic heterocycles. The van der Waals surface area contributed by atoms with Crippen LogP contribution in [0, 0.1) is 0 Å². The zero-order valence-corrected chi connectivity index (χ0v) is 17.6. The van der Waals surface area contributed by atoms with Gasteiger partial charge in [0.1, 0.15) is 0 Å². The van der Waals surface area contributed by atoms with Gasteiger partial charge < -0.3 is 10.2 Å². The van der Waals surface area contributed by atoms with E-state index in [2.05, 4.69) is 9.71 Å². The maximum absolute atomic E-state index is 12.5. The molecule has 2 aromatic carbocycles. The number of hydrogen-bond donors (Lipinski definition) is 1. The lowest BCUT2D eigenvalue weighted by molar-refractivity contribution is 0.0954. The lowest BCUT2D eigenvalue weighted by atomic mass is 10.1. The molecule has 2 aliphatic rings. The molecule has 28 heavy (non-hydrogen) atoms. The summed E-state index contributed by atoms with van der Waals surface area (Å²) in [4.78, 5) is 15.2. The molecular weight excluding hydrogens is 441 g/mol. The molecule has 0 aliphatic carbocycles. The molecule has 2 heterocycles. The molecule has 1 N–H and O–H groups in total. The molecule has 146 valence electrons. The van der Waals surface area contributed by atoms with Gasteiger partial charge in [-0.1, -0.05) is 35.3 Å². The highest BCUT2D eigenvalue weighted by Gasteiger charge is 2.33. The number of fused-ring (bicyclic) bond motifs is 3. The van der Waals surface area contributed by atoms with Crippen molar-refractivity contribution >= 4 is 61.7 Å². The molecule has 0 bridgehead atoms. The number of nitrogens with zero attached hydrogens (tertiary/aromatic N) is 2. The minimum atomic E-state index is -3.40. The van der Waals surface area contributed by atoms with E-state index in [0.29, 0.717) is 40.3 Å². The summed E-state index contributed by atoms with van der Waals surface area (Å²) in [6.45, 7) is 0.785. The van der Waals surface area contributed by atoms with E-state index < -0.39 is 10.0 Å². The van der Waals surface area contributed by atoms with Crippen molar-refractivity contribution in [2.24, 2.45) is 4.40 Å². The molecular formula is C18H15Cl2N3O3S2. The van der Waals surface area contributed by atoms with Crippen molar-refractivity contribution in [1.29, 1.82) is 0 Å². The third-order valence-corrected chi connectivity index (χ3v) is 7.61. The first-order valence-corrected chi connectivity index (χ1v) is 11.7. The van der Waals surface area contributed by atoms with Gasteiger partial charge in [-0.25, -0.2) is 8.42 Å². The summed E-state index contributed by atoms with van der Waals surface area (Å²) in [6.07, 6.45) is 0.563. The quantitative estimate of drug-likeness (QED) is 0.761. The van der Waals surface area contributed by atoms with E-state index in [9.17, 15) is 13.2 Å². The van der Waals surface area contributed by atoms with Gasteiger partial charge in [0, 0.05) is 23.5 Å². The first-order chi connectivity index (χ1) is 13.3. The number of nitrogens with one attached hydrogen (secondary N) is 1. The summed E-state index contributed by atoms with van der Waals surface area (Å²) < 4.78 is 27.2. The van der Waals surface area contributed by atoms with Gasteiger partial charge in [-0.3, -0.25) is 4.79 Å². The van der Waals surface area contributed by atoms with Gasteiger partial charge in [0.2, 0.25) is 0 Å². The zero-order chi connectivity index (χ0) is 19.9. The van der Waals surface area contributed by atoms with Gasteiger partial charge in [-0.2, -0.15) is 0 Å². The molecule has 0 radical (unpaired) electrons. The summed E-state index contributed by atoms with van der Waals surface area (Å²) in [6, 6.07) is 10.7. The van der Waals surface area contributed by atoms with Crippen LogP contribution in [0.1, 0.15) is 15.9 Å². The Morgan fingerprint density at radius 1 is 1.25 bits per heavy atom. The molecule has 4 rings (SSSR count). The van der Waals surface area contributed by atoms with E-state index in [1.54, 1.807) is 18.2 Å². The SMILES string of the molecule is O=C(NCCc1cccc(Cl)c1Cl)c1ccc2c(c1)SC1=NS(=O)(=O)CCN12. The summed E-state index contributed by atoms with van der Waals surface area (Å²) >= 11 is 13.4. The minimum absolute atomic E-state index is 0.00913. The maximum atomic E-state index is 12.5. The standard InChI is InChI=1S/C18H15Cl2N3O3S2/c19-13-3-1-2-11(16(13)20)6-7-21-17(24)12-4-5-14-15(10-12)27-18-22-28(25,26)9-8-23(14)18/h1-5,10H,6-9H2,(H,21,24). The van der Waals surface area contributed by atoms with E-state index in [1.165, 1.54) is 11.8 Å². The zero-order valence-electron chi connectivity index (χ0n) is 14.5. The topological polar surface area (TPSA) is 78.8 Å². The highest BCUT2D eigenvalue weighted by molar-refractivity contribution is 8.15. The Kier molecular flexibility index (Phi) is 5.30. The van der Waals surface area contributed by atoms with Crippen LogP contribution < -0.4 is 10.2 Å². The van der Waals surface area contributed by atoms with E-state index in [4.69, 9.17) is 23.2 Å². The Hall–Kier alpha value is -1.74. The van der Waals surface area contributed by atoms with Crippen LogP contribution in [0.4, 0.5) is 5.69 Å². The average Bonchev–Trinajstić information content (AvgIpc) is 3.00. The molecule has 0 spiro atoms. The van der Waals surface area contributed by atoms with Crippen molar-refractivity contribution in [2.75, 3.05) is 23.7 Å². The average molecular weight is 456 g/mol. The number of sulfonamides is 1. The lowest BCUT2D eigenvalue weighted by Gasteiger charge is -2.22. The number of hydrogen-bond acceptors (Lipinski definition) is 5. The largest absolute Gasteiger partial charge is 0.352 e. The lowest BCUT2D eigenvalue weighted by Crippen LogP contribution is -2.35. The first-order valence-electron chi connectivity index (χ1n) is 8.47. The second-order valence-corrected chi connectivity index (χ2v) is 9.86. The van der Waals surface area contributed by atoms with E-state index in [-0.39, 0.29) is 11.7 Å². The summed E-state index contributed by atoms with van der Waals surface area (Å²) in [5.41, 5.74) is 2.25. The van der Waals surface area contributed by atoms with Crippen molar-refractivity contribution in [1.82, 2.24) is 5.32 Å². The third kappa shape index (κ3) is 3.87. The van der Waals surface area contributed by atoms with Crippen LogP contribution in [0.3, 0.4) is 0 Å². The normalized spacial score (nSPS) is 16.9. The molecule has 0 saturated carbocycles. The number of halogens is 2. The Bertz CT molecular complexity index is 1100. The number of thioether (sulfide) groups is 1. The number of carbonyl (C=O) groups excluding carboxylic acids is 1. The summed E-state index contributed by atoms with van der Waals surface area (Å²) in [5.74, 6) is -0.217. The number of carbonyl (C=O) groups is 1. The van der Waals surface area contributed by atoms with Gasteiger partial charge in [0.05, 0.1) is 21.5 Å². The fourth-order valence-corrected chi connectivity index (χ4v) is 5.74. The van der Waals surface area contributed by atoms with E-state index >= 15 is 0 Å². The van der Waals surface area contributed by atoms with Gasteiger partial charge in [0.15, 0.2) is 5.17 Å². The Labute approximate surface area is 177 Å². The highest BCUT2D eigenvalue weighted by Crippen LogP contribution is 2.42. The van der Waals surface area contributed by atoms with Gasteiger partial charge in [0.25, 0.3) is 15.9 Å². The van der Waals surface area contributed by atoms with Crippen LogP contribution in [0.15, 0.2) is 45.7 Å². The number of amidine groups is 1. The van der Waals surface area contributed by atoms with Crippen LogP contribution >= 0.6 is 35.0 Å². The van der Waals surface area contributed by atoms with Crippen molar-refractivity contribution in [2.45, 2.75) is 11.3 Å². The highest BCUT2D eigenvalue weighted by atomic mass is 35.5. The van der Waals surface area contributed by atoms with Crippen LogP contribution in [0.2, 0.25) is 10.0 Å². The Balaban J connectivity index is 1.44. The van der Waals surface area contributed by atoms with Crippen molar-refractivity contribution in [3.63, 3.8) is 0 Å². The van der Waals surface area contributed by atoms with E-state index in [1.807, 2.05) is 23.1 Å². The molecule has 2 aromatic rings. The monoisotopic (exact) mass is 455 g/mol. The maximum Gasteiger partial charge on any atom is 0.257 e. The molecule has 10 heteroatoms. The molecule has 6 nitrogen and oxygen atoms in total. The third-order valence-electron chi connectivity index (χ3n) is 4.45. The number of anilines is 1. The predicted octanol–water partition coefficient (Wildman–Crippen LogP) is 3.58. The Morgan fingerprint density at radius 2 is 2.07 bits per heavy atom. The number of amides is 1. The second-order valence-electron chi connectivity index (χ2n) is 6.31. The van der Waals surface area contributed by atoms with Gasteiger partial charge in [-0.05, 0) is 48.0 Å². The van der Waals surface area contributed by atoms with Crippen molar-refractivity contribution in [3.05, 3.63) is 57.6 Å². The second kappa shape index (κ2) is 7.59. The van der Waals surface area contributed by atoms with E-state index in [0.717, 1.165) is 16.1 Å². The smallest absolute Gasteiger partial charge is 0.257 e. The molecule has 1 amide bonds. The van der Waals surface area contributed by atoms with Crippen LogP contribution in [0.5, 0.6) is 0 Å². The van der Waals surface area contributed by atoms with Crippen LogP contribution in [-0.2, 0) is 16.4 Å². The Morgan fingerprint density at radius 3 is 2.89 bits per heavy atom. The fraction of sp³-hybridized carbons (Fsp3) is 0.222. The molecule has 0 aromatic heterocycles. The summed E-state index contributed by atoms with van der Waals surface area (Å²) in [5, 5.41) is 4.30.